The van der Waals surface area contributed by atoms with Crippen LogP contribution < -0.4 is 5.32 Å². The number of carbonyl (C=O) groups excluding carboxylic acids is 2. The highest BCUT2D eigenvalue weighted by atomic mass is 19.3. The van der Waals surface area contributed by atoms with E-state index in [0.717, 1.165) is 0 Å². The second-order valence-corrected chi connectivity index (χ2v) is 4.02. The second-order valence-electron chi connectivity index (χ2n) is 4.02. The maximum Gasteiger partial charge on any atom is 0.408 e. The van der Waals surface area contributed by atoms with Gasteiger partial charge in [-0.25, -0.2) is 13.6 Å². The molecule has 0 spiro atoms. The molecule has 0 saturated carbocycles. The fourth-order valence-corrected chi connectivity index (χ4v) is 0.799. The molecule has 0 aliphatic rings. The zero-order valence-electron chi connectivity index (χ0n) is 8.92. The number of alkyl halides is 2. The summed E-state index contributed by atoms with van der Waals surface area (Å²) in [4.78, 5) is 21.4. The van der Waals surface area contributed by atoms with Gasteiger partial charge in [0, 0.05) is 6.42 Å². The van der Waals surface area contributed by atoms with Gasteiger partial charge in [-0.3, -0.25) is 0 Å². The predicted octanol–water partition coefficient (Wildman–Crippen LogP) is 1.73. The Bertz CT molecular complexity index is 226. The summed E-state index contributed by atoms with van der Waals surface area (Å²) >= 11 is 0. The summed E-state index contributed by atoms with van der Waals surface area (Å²) < 4.78 is 28.6. The van der Waals surface area contributed by atoms with Crippen LogP contribution in [-0.4, -0.2) is 30.4 Å². The number of nitrogens with one attached hydrogen (secondary N) is 1. The van der Waals surface area contributed by atoms with Crippen molar-refractivity contribution < 1.29 is 23.1 Å². The van der Waals surface area contributed by atoms with E-state index in [4.69, 9.17) is 4.74 Å². The predicted molar refractivity (Wildman–Crippen MR) is 49.8 cm³/mol. The average molecular weight is 223 g/mol. The molecule has 0 unspecified atom stereocenters. The van der Waals surface area contributed by atoms with E-state index in [1.165, 1.54) is 0 Å². The van der Waals surface area contributed by atoms with Crippen LogP contribution in [0.3, 0.4) is 0 Å². The molecule has 0 aromatic rings. The Morgan fingerprint density at radius 3 is 2.33 bits per heavy atom. The largest absolute Gasteiger partial charge is 0.444 e. The zero-order chi connectivity index (χ0) is 12.1. The Kier molecular flexibility index (Phi) is 5.18. The minimum absolute atomic E-state index is 0.260. The number of hydrogen-bond acceptors (Lipinski definition) is 3. The molecule has 0 aliphatic heterocycles. The first-order valence-corrected chi connectivity index (χ1v) is 4.47. The average Bonchev–Trinajstić information content (AvgIpc) is 1.98. The summed E-state index contributed by atoms with van der Waals surface area (Å²) in [5.41, 5.74) is -0.720. The van der Waals surface area contributed by atoms with Gasteiger partial charge in [0.05, 0.1) is 6.04 Å². The lowest BCUT2D eigenvalue weighted by Gasteiger charge is -2.21. The Morgan fingerprint density at radius 1 is 1.47 bits per heavy atom. The molecular formula is C9H15F2NO3. The Labute approximate surface area is 87.0 Å². The molecule has 88 valence electrons. The van der Waals surface area contributed by atoms with Gasteiger partial charge in [-0.05, 0) is 20.8 Å². The van der Waals surface area contributed by atoms with Crippen LogP contribution in [-0.2, 0) is 9.53 Å². The minimum Gasteiger partial charge on any atom is -0.444 e. The first-order valence-electron chi connectivity index (χ1n) is 4.47. The highest BCUT2D eigenvalue weighted by molar-refractivity contribution is 5.73. The van der Waals surface area contributed by atoms with E-state index in [-0.39, 0.29) is 6.29 Å². The van der Waals surface area contributed by atoms with E-state index in [9.17, 15) is 18.4 Å². The highest BCUT2D eigenvalue weighted by Gasteiger charge is 2.21. The van der Waals surface area contributed by atoms with Gasteiger partial charge in [0.25, 0.3) is 0 Å². The summed E-state index contributed by atoms with van der Waals surface area (Å²) in [6.45, 7) is 4.90. The van der Waals surface area contributed by atoms with Crippen LogP contribution in [0, 0.1) is 0 Å². The van der Waals surface area contributed by atoms with Gasteiger partial charge < -0.3 is 14.8 Å². The van der Waals surface area contributed by atoms with E-state index < -0.39 is 30.6 Å². The van der Waals surface area contributed by atoms with Crippen molar-refractivity contribution in [2.75, 3.05) is 0 Å². The molecule has 0 bridgehead atoms. The van der Waals surface area contributed by atoms with Crippen molar-refractivity contribution in [3.05, 3.63) is 0 Å². The Hall–Kier alpha value is -1.20. The number of carbonyl (C=O) groups is 2. The van der Waals surface area contributed by atoms with Crippen molar-refractivity contribution in [1.82, 2.24) is 5.32 Å². The fourth-order valence-electron chi connectivity index (χ4n) is 0.799. The van der Waals surface area contributed by atoms with Crippen LogP contribution in [0.5, 0.6) is 0 Å². The van der Waals surface area contributed by atoms with Gasteiger partial charge >= 0.3 is 6.09 Å². The van der Waals surface area contributed by atoms with Crippen LogP contribution in [0.15, 0.2) is 0 Å². The molecule has 4 nitrogen and oxygen atoms in total. The summed E-state index contributed by atoms with van der Waals surface area (Å²) in [7, 11) is 0. The number of hydrogen-bond donors (Lipinski definition) is 1. The molecule has 1 amide bonds. The van der Waals surface area contributed by atoms with E-state index >= 15 is 0 Å². The Morgan fingerprint density at radius 2 is 2.00 bits per heavy atom. The molecule has 0 aromatic heterocycles. The number of aldehydes is 1. The fraction of sp³-hybridized carbons (Fsp3) is 0.778. The molecule has 0 rings (SSSR count). The second kappa shape index (κ2) is 5.63. The Balaban J connectivity index is 4.08. The number of ether oxygens (including phenoxy) is 1. The molecule has 15 heavy (non-hydrogen) atoms. The van der Waals surface area contributed by atoms with Crippen molar-refractivity contribution in [3.63, 3.8) is 0 Å². The van der Waals surface area contributed by atoms with Gasteiger partial charge in [-0.15, -0.1) is 0 Å². The third-order valence-electron chi connectivity index (χ3n) is 1.30. The van der Waals surface area contributed by atoms with Crippen LogP contribution in [0.1, 0.15) is 27.2 Å². The molecule has 0 heterocycles. The maximum atomic E-state index is 11.9. The molecular weight excluding hydrogens is 208 g/mol. The molecule has 0 saturated heterocycles. The van der Waals surface area contributed by atoms with Crippen LogP contribution in [0.2, 0.25) is 0 Å². The normalized spacial score (nSPS) is 13.5. The van der Waals surface area contributed by atoms with Gasteiger partial charge in [0.15, 0.2) is 0 Å². The standard InChI is InChI=1S/C9H15F2NO3/c1-9(2,3)15-8(14)12-6(5-13)4-7(10)11/h5-7H,4H2,1-3H3,(H,12,14)/t6-/m1/s1. The van der Waals surface area contributed by atoms with Crippen LogP contribution >= 0.6 is 0 Å². The SMILES string of the molecule is CC(C)(C)OC(=O)N[C@@H](C=O)CC(F)F. The molecule has 1 N–H and O–H groups in total. The molecule has 0 radical (unpaired) electrons. The highest BCUT2D eigenvalue weighted by Crippen LogP contribution is 2.08. The third-order valence-corrected chi connectivity index (χ3v) is 1.30. The van der Waals surface area contributed by atoms with Crippen molar-refractivity contribution in [2.24, 2.45) is 0 Å². The number of amides is 1. The quantitative estimate of drug-likeness (QED) is 0.738. The lowest BCUT2D eigenvalue weighted by molar-refractivity contribution is -0.110. The topological polar surface area (TPSA) is 55.4 Å². The lowest BCUT2D eigenvalue weighted by atomic mass is 10.2. The first-order chi connectivity index (χ1) is 6.74. The molecule has 6 heteroatoms. The lowest BCUT2D eigenvalue weighted by Crippen LogP contribution is -2.40. The van der Waals surface area contributed by atoms with Gasteiger partial charge in [0.1, 0.15) is 11.9 Å². The van der Waals surface area contributed by atoms with E-state index in [1.54, 1.807) is 20.8 Å². The zero-order valence-corrected chi connectivity index (χ0v) is 8.92. The van der Waals surface area contributed by atoms with E-state index in [1.807, 2.05) is 5.32 Å². The molecule has 0 aliphatic carbocycles. The first kappa shape index (κ1) is 13.8. The smallest absolute Gasteiger partial charge is 0.408 e. The summed E-state index contributed by atoms with van der Waals surface area (Å²) in [6, 6.07) is -1.21. The van der Waals surface area contributed by atoms with Crippen molar-refractivity contribution in [2.45, 2.75) is 45.3 Å². The van der Waals surface area contributed by atoms with Crippen molar-refractivity contribution in [1.29, 1.82) is 0 Å². The number of alkyl carbamates (subject to hydrolysis) is 1. The van der Waals surface area contributed by atoms with E-state index in [0.29, 0.717) is 0 Å². The van der Waals surface area contributed by atoms with Crippen LogP contribution in [0.4, 0.5) is 13.6 Å². The molecule has 1 atom stereocenters. The number of halogens is 2. The van der Waals surface area contributed by atoms with E-state index in [2.05, 4.69) is 0 Å². The summed E-state index contributed by atoms with van der Waals surface area (Å²) in [6.07, 6.45) is -3.96. The summed E-state index contributed by atoms with van der Waals surface area (Å²) in [5.74, 6) is 0. The minimum atomic E-state index is -2.64. The van der Waals surface area contributed by atoms with Crippen LogP contribution in [0.25, 0.3) is 0 Å². The van der Waals surface area contributed by atoms with Crippen molar-refractivity contribution in [3.8, 4) is 0 Å². The van der Waals surface area contributed by atoms with Crippen molar-refractivity contribution >= 4 is 12.4 Å². The van der Waals surface area contributed by atoms with Gasteiger partial charge in [-0.1, -0.05) is 0 Å². The monoisotopic (exact) mass is 223 g/mol. The molecule has 0 aromatic carbocycles. The van der Waals surface area contributed by atoms with Gasteiger partial charge in [0.2, 0.25) is 6.43 Å². The van der Waals surface area contributed by atoms with Gasteiger partial charge in [-0.2, -0.15) is 0 Å². The molecule has 0 fully saturated rings. The third kappa shape index (κ3) is 7.84. The number of rotatable bonds is 4. The maximum absolute atomic E-state index is 11.9. The summed E-state index contributed by atoms with van der Waals surface area (Å²) in [5, 5.41) is 2.05.